The van der Waals surface area contributed by atoms with E-state index in [1.165, 1.54) is 17.0 Å². The molecular weight excluding hydrogens is 351 g/mol. The van der Waals surface area contributed by atoms with E-state index in [2.05, 4.69) is 15.0 Å². The molecule has 2 aromatic rings. The van der Waals surface area contributed by atoms with E-state index in [0.717, 1.165) is 6.42 Å². The van der Waals surface area contributed by atoms with Gasteiger partial charge in [0.15, 0.2) is 5.96 Å². The molecule has 0 spiro atoms. The van der Waals surface area contributed by atoms with Crippen LogP contribution in [-0.4, -0.2) is 24.9 Å². The van der Waals surface area contributed by atoms with Crippen molar-refractivity contribution in [3.63, 3.8) is 0 Å². The predicted molar refractivity (Wildman–Crippen MR) is 91.9 cm³/mol. The van der Waals surface area contributed by atoms with Crippen LogP contribution >= 0.6 is 11.3 Å². The molecule has 25 heavy (non-hydrogen) atoms. The lowest BCUT2D eigenvalue weighted by molar-refractivity contribution is -0.274. The Morgan fingerprint density at radius 2 is 2.08 bits per heavy atom. The quantitative estimate of drug-likeness (QED) is 0.604. The molecule has 1 saturated carbocycles. The average Bonchev–Trinajstić information content (AvgIpc) is 3.07. The van der Waals surface area contributed by atoms with Crippen LogP contribution in [-0.2, 0) is 6.42 Å². The lowest BCUT2D eigenvalue weighted by atomic mass is 10.1. The molecule has 4 nitrogen and oxygen atoms in total. The number of nitrogens with zero attached hydrogens (tertiary/aromatic N) is 1. The lowest BCUT2D eigenvalue weighted by Gasteiger charge is -2.13. The van der Waals surface area contributed by atoms with Crippen LogP contribution in [0, 0.1) is 0 Å². The zero-order chi connectivity index (χ0) is 17.9. The lowest BCUT2D eigenvalue weighted by Crippen LogP contribution is -2.34. The van der Waals surface area contributed by atoms with Crippen molar-refractivity contribution in [2.24, 2.45) is 10.7 Å². The summed E-state index contributed by atoms with van der Waals surface area (Å²) in [5, 5.41) is 5.08. The molecule has 1 aromatic heterocycles. The Bertz CT molecular complexity index is 731. The Hall–Kier alpha value is -2.22. The number of rotatable bonds is 6. The van der Waals surface area contributed by atoms with Gasteiger partial charge >= 0.3 is 6.36 Å². The molecule has 0 bridgehead atoms. The number of guanidine groups is 1. The molecule has 0 radical (unpaired) electrons. The Morgan fingerprint density at radius 3 is 2.80 bits per heavy atom. The predicted octanol–water partition coefficient (Wildman–Crippen LogP) is 3.65. The Kier molecular flexibility index (Phi) is 5.17. The minimum absolute atomic E-state index is 0.0246. The molecule has 1 aromatic carbocycles. The minimum Gasteiger partial charge on any atom is -0.405 e. The van der Waals surface area contributed by atoms with Crippen LogP contribution in [0.4, 0.5) is 13.2 Å². The molecule has 1 fully saturated rings. The van der Waals surface area contributed by atoms with E-state index in [0.29, 0.717) is 24.5 Å². The molecule has 0 saturated heterocycles. The number of thiophene rings is 1. The third kappa shape index (κ3) is 5.12. The van der Waals surface area contributed by atoms with Gasteiger partial charge in [-0.3, -0.25) is 4.99 Å². The molecule has 3 N–H and O–H groups in total. The summed E-state index contributed by atoms with van der Waals surface area (Å²) in [6.07, 6.45) is -3.19. The third-order valence-electron chi connectivity index (χ3n) is 3.89. The first-order valence-corrected chi connectivity index (χ1v) is 8.74. The van der Waals surface area contributed by atoms with Crippen molar-refractivity contribution in [3.8, 4) is 5.75 Å². The van der Waals surface area contributed by atoms with Crippen molar-refractivity contribution in [3.05, 3.63) is 52.2 Å². The molecule has 0 amide bonds. The summed E-state index contributed by atoms with van der Waals surface area (Å²) < 4.78 is 41.6. The first kappa shape index (κ1) is 17.6. The number of benzene rings is 1. The second-order valence-electron chi connectivity index (χ2n) is 5.77. The highest BCUT2D eigenvalue weighted by molar-refractivity contribution is 7.09. The smallest absolute Gasteiger partial charge is 0.405 e. The Morgan fingerprint density at radius 1 is 1.28 bits per heavy atom. The molecule has 3 rings (SSSR count). The highest BCUT2D eigenvalue weighted by Gasteiger charge is 2.42. The number of hydrogen-bond donors (Lipinski definition) is 2. The summed E-state index contributed by atoms with van der Waals surface area (Å²) in [6, 6.07) is 10.2. The molecule has 2 unspecified atom stereocenters. The van der Waals surface area contributed by atoms with Gasteiger partial charge in [0.25, 0.3) is 0 Å². The highest BCUT2D eigenvalue weighted by Crippen LogP contribution is 2.45. The van der Waals surface area contributed by atoms with Crippen LogP contribution in [0.3, 0.4) is 0 Å². The zero-order valence-corrected chi connectivity index (χ0v) is 14.1. The van der Waals surface area contributed by atoms with E-state index >= 15 is 0 Å². The molecule has 1 aliphatic rings. The van der Waals surface area contributed by atoms with Crippen molar-refractivity contribution in [2.45, 2.75) is 31.2 Å². The maximum Gasteiger partial charge on any atom is 0.573 e. The summed E-state index contributed by atoms with van der Waals surface area (Å²) in [5.41, 5.74) is 6.40. The Labute approximate surface area is 147 Å². The van der Waals surface area contributed by atoms with Crippen molar-refractivity contribution in [1.29, 1.82) is 0 Å². The summed E-state index contributed by atoms with van der Waals surface area (Å²) in [4.78, 5) is 5.50. The highest BCUT2D eigenvalue weighted by atomic mass is 32.1. The number of hydrogen-bond acceptors (Lipinski definition) is 3. The van der Waals surface area contributed by atoms with Crippen LogP contribution in [0.1, 0.15) is 22.8 Å². The van der Waals surface area contributed by atoms with Gasteiger partial charge < -0.3 is 15.8 Å². The van der Waals surface area contributed by atoms with Crippen molar-refractivity contribution >= 4 is 17.3 Å². The molecular formula is C17H18F3N3OS. The zero-order valence-electron chi connectivity index (χ0n) is 13.3. The standard InChI is InChI=1S/C17H18F3N3OS/c18-17(19,20)24-15-6-2-1-5-12(15)13-10-14(13)23-16(21)22-8-7-11-4-3-9-25-11/h1-6,9,13-14H,7-8,10H2,(H3,21,22,23). The maximum absolute atomic E-state index is 12.5. The minimum atomic E-state index is -4.70. The van der Waals surface area contributed by atoms with E-state index in [9.17, 15) is 13.2 Å². The number of para-hydroxylation sites is 1. The number of alkyl halides is 3. The van der Waals surface area contributed by atoms with Gasteiger partial charge in [0, 0.05) is 29.8 Å². The van der Waals surface area contributed by atoms with Gasteiger partial charge in [-0.1, -0.05) is 24.3 Å². The summed E-state index contributed by atoms with van der Waals surface area (Å²) >= 11 is 1.67. The van der Waals surface area contributed by atoms with Gasteiger partial charge in [0.1, 0.15) is 5.75 Å². The molecule has 0 aliphatic heterocycles. The number of aliphatic imine (C=N–C) groups is 1. The first-order valence-electron chi connectivity index (χ1n) is 7.86. The fourth-order valence-electron chi connectivity index (χ4n) is 2.68. The maximum atomic E-state index is 12.5. The van der Waals surface area contributed by atoms with Crippen LogP contribution in [0.2, 0.25) is 0 Å². The fraction of sp³-hybridized carbons (Fsp3) is 0.353. The van der Waals surface area contributed by atoms with Crippen molar-refractivity contribution in [1.82, 2.24) is 5.32 Å². The van der Waals surface area contributed by atoms with Gasteiger partial charge in [-0.15, -0.1) is 24.5 Å². The normalized spacial score (nSPS) is 20.4. The monoisotopic (exact) mass is 369 g/mol. The second-order valence-corrected chi connectivity index (χ2v) is 6.81. The Balaban J connectivity index is 1.54. The molecule has 134 valence electrons. The van der Waals surface area contributed by atoms with E-state index in [-0.39, 0.29) is 17.7 Å². The average molecular weight is 369 g/mol. The molecule has 1 heterocycles. The van der Waals surface area contributed by atoms with Gasteiger partial charge in [0.05, 0.1) is 0 Å². The topological polar surface area (TPSA) is 59.6 Å². The van der Waals surface area contributed by atoms with Crippen LogP contribution in [0.25, 0.3) is 0 Å². The van der Waals surface area contributed by atoms with Gasteiger partial charge in [-0.25, -0.2) is 0 Å². The number of ether oxygens (including phenoxy) is 1. The number of nitrogens with one attached hydrogen (secondary N) is 1. The molecule has 2 atom stereocenters. The van der Waals surface area contributed by atoms with E-state index in [1.807, 2.05) is 17.5 Å². The molecule has 8 heteroatoms. The number of nitrogens with two attached hydrogens (primary N) is 1. The van der Waals surface area contributed by atoms with E-state index < -0.39 is 6.36 Å². The molecule has 1 aliphatic carbocycles. The fourth-order valence-corrected chi connectivity index (χ4v) is 3.38. The summed E-state index contributed by atoms with van der Waals surface area (Å²) in [7, 11) is 0. The van der Waals surface area contributed by atoms with Gasteiger partial charge in [-0.2, -0.15) is 0 Å². The summed E-state index contributed by atoms with van der Waals surface area (Å²) in [6.45, 7) is 0.574. The van der Waals surface area contributed by atoms with Crippen molar-refractivity contribution in [2.75, 3.05) is 6.54 Å². The van der Waals surface area contributed by atoms with Crippen LogP contribution in [0.15, 0.2) is 46.8 Å². The van der Waals surface area contributed by atoms with E-state index in [1.54, 1.807) is 23.5 Å². The first-order chi connectivity index (χ1) is 11.9. The third-order valence-corrected chi connectivity index (χ3v) is 4.82. The second kappa shape index (κ2) is 7.35. The van der Waals surface area contributed by atoms with Gasteiger partial charge in [0.2, 0.25) is 0 Å². The van der Waals surface area contributed by atoms with E-state index in [4.69, 9.17) is 5.73 Å². The number of halogens is 3. The van der Waals surface area contributed by atoms with Crippen LogP contribution in [0.5, 0.6) is 5.75 Å². The van der Waals surface area contributed by atoms with Crippen LogP contribution < -0.4 is 15.8 Å². The van der Waals surface area contributed by atoms with Crippen molar-refractivity contribution < 1.29 is 17.9 Å². The summed E-state index contributed by atoms with van der Waals surface area (Å²) in [5.74, 6) is 0.0976. The largest absolute Gasteiger partial charge is 0.573 e. The SMILES string of the molecule is NC(=NCCc1cccs1)NC1CC1c1ccccc1OC(F)(F)F. The van der Waals surface area contributed by atoms with Gasteiger partial charge in [-0.05, 0) is 29.5 Å².